The minimum absolute atomic E-state index is 0.0166. The summed E-state index contributed by atoms with van der Waals surface area (Å²) >= 11 is 0. The fourth-order valence-corrected chi connectivity index (χ4v) is 1.98. The highest BCUT2D eigenvalue weighted by Gasteiger charge is 2.34. The number of carbonyl (C=O) groups is 1. The Balaban J connectivity index is 2.54. The lowest BCUT2D eigenvalue weighted by atomic mass is 10.00. The van der Waals surface area contributed by atoms with Crippen LogP contribution in [0, 0.1) is 5.92 Å². The highest BCUT2D eigenvalue weighted by molar-refractivity contribution is 5.71. The second kappa shape index (κ2) is 3.66. The molecule has 0 aromatic carbocycles. The van der Waals surface area contributed by atoms with Gasteiger partial charge < -0.3 is 10.4 Å². The van der Waals surface area contributed by atoms with E-state index in [4.69, 9.17) is 5.11 Å². The van der Waals surface area contributed by atoms with Crippen molar-refractivity contribution in [1.82, 2.24) is 5.32 Å². The van der Waals surface area contributed by atoms with Crippen LogP contribution in [0.3, 0.4) is 0 Å². The van der Waals surface area contributed by atoms with Crippen molar-refractivity contribution in [3.8, 4) is 0 Å². The van der Waals surface area contributed by atoms with Crippen molar-refractivity contribution in [2.75, 3.05) is 0 Å². The molecule has 0 aliphatic heterocycles. The quantitative estimate of drug-likeness (QED) is 0.687. The molecule has 0 aromatic rings. The second-order valence-corrected chi connectivity index (χ2v) is 4.88. The number of hydrogen-bond donors (Lipinski definition) is 2. The molecule has 0 amide bonds. The first-order valence-electron chi connectivity index (χ1n) is 4.90. The van der Waals surface area contributed by atoms with E-state index < -0.39 is 5.97 Å². The molecule has 3 heteroatoms. The highest BCUT2D eigenvalue weighted by Crippen LogP contribution is 2.27. The van der Waals surface area contributed by atoms with E-state index in [1.165, 1.54) is 0 Å². The summed E-state index contributed by atoms with van der Waals surface area (Å²) in [7, 11) is 0. The second-order valence-electron chi connectivity index (χ2n) is 4.88. The maximum atomic E-state index is 10.9. The lowest BCUT2D eigenvalue weighted by Gasteiger charge is -2.28. The van der Waals surface area contributed by atoms with Crippen LogP contribution in [0.2, 0.25) is 0 Å². The van der Waals surface area contributed by atoms with Crippen LogP contribution in [-0.2, 0) is 4.79 Å². The van der Waals surface area contributed by atoms with Crippen LogP contribution in [0.15, 0.2) is 0 Å². The molecule has 2 N–H and O–H groups in total. The third-order valence-electron chi connectivity index (χ3n) is 2.45. The van der Waals surface area contributed by atoms with Crippen molar-refractivity contribution >= 4 is 5.97 Å². The largest absolute Gasteiger partial charge is 0.481 e. The van der Waals surface area contributed by atoms with Crippen LogP contribution in [0.1, 0.15) is 40.0 Å². The van der Waals surface area contributed by atoms with Gasteiger partial charge in [-0.2, -0.15) is 0 Å². The Bertz CT molecular complexity index is 196. The molecule has 2 atom stereocenters. The van der Waals surface area contributed by atoms with E-state index in [0.717, 1.165) is 19.3 Å². The van der Waals surface area contributed by atoms with E-state index in [0.29, 0.717) is 0 Å². The summed E-state index contributed by atoms with van der Waals surface area (Å²) < 4.78 is 0. The number of rotatable bonds is 2. The number of aliphatic carboxylic acids is 1. The first-order valence-corrected chi connectivity index (χ1v) is 4.90. The molecule has 1 saturated carbocycles. The molecular weight excluding hydrogens is 166 g/mol. The lowest BCUT2D eigenvalue weighted by molar-refractivity contribution is -0.142. The Morgan fingerprint density at radius 3 is 2.46 bits per heavy atom. The number of hydrogen-bond acceptors (Lipinski definition) is 2. The van der Waals surface area contributed by atoms with Crippen molar-refractivity contribution in [1.29, 1.82) is 0 Å². The molecule has 0 radical (unpaired) electrons. The summed E-state index contributed by atoms with van der Waals surface area (Å²) in [5, 5.41) is 12.3. The molecule has 0 heterocycles. The maximum Gasteiger partial charge on any atom is 0.308 e. The van der Waals surface area contributed by atoms with E-state index in [1.807, 2.05) is 0 Å². The van der Waals surface area contributed by atoms with Crippen molar-refractivity contribution < 1.29 is 9.90 Å². The van der Waals surface area contributed by atoms with Gasteiger partial charge in [-0.1, -0.05) is 6.42 Å². The molecule has 0 saturated heterocycles. The Labute approximate surface area is 79.5 Å². The van der Waals surface area contributed by atoms with Crippen molar-refractivity contribution in [2.45, 2.75) is 51.6 Å². The first kappa shape index (κ1) is 10.5. The predicted octanol–water partition coefficient (Wildman–Crippen LogP) is 1.63. The molecule has 0 bridgehead atoms. The van der Waals surface area contributed by atoms with E-state index in [9.17, 15) is 4.79 Å². The van der Waals surface area contributed by atoms with Gasteiger partial charge in [-0.15, -0.1) is 0 Å². The van der Waals surface area contributed by atoms with Gasteiger partial charge in [0.15, 0.2) is 0 Å². The molecule has 0 unspecified atom stereocenters. The molecular formula is C10H19NO2. The molecule has 1 aliphatic rings. The van der Waals surface area contributed by atoms with Gasteiger partial charge in [-0.3, -0.25) is 4.79 Å². The summed E-state index contributed by atoms with van der Waals surface area (Å²) in [6, 6.07) is 0.164. The van der Waals surface area contributed by atoms with Gasteiger partial charge in [0, 0.05) is 11.6 Å². The van der Waals surface area contributed by atoms with E-state index in [1.54, 1.807) is 0 Å². The summed E-state index contributed by atoms with van der Waals surface area (Å²) in [5.74, 6) is -0.835. The first-order chi connectivity index (χ1) is 5.90. The molecule has 0 spiro atoms. The summed E-state index contributed by atoms with van der Waals surface area (Å²) in [5.41, 5.74) is 0.0166. The standard InChI is InChI=1S/C10H19NO2/c1-10(2,3)11-8-6-4-5-7(8)9(12)13/h7-8,11H,4-6H2,1-3H3,(H,12,13)/t7-,8+/m1/s1. The van der Waals surface area contributed by atoms with Crippen LogP contribution in [0.25, 0.3) is 0 Å². The van der Waals surface area contributed by atoms with E-state index >= 15 is 0 Å². The average Bonchev–Trinajstić information content (AvgIpc) is 2.31. The summed E-state index contributed by atoms with van der Waals surface area (Å²) in [6.45, 7) is 6.22. The zero-order valence-corrected chi connectivity index (χ0v) is 8.63. The van der Waals surface area contributed by atoms with E-state index in [2.05, 4.69) is 26.1 Å². The smallest absolute Gasteiger partial charge is 0.308 e. The minimum atomic E-state index is -0.653. The molecule has 1 aliphatic carbocycles. The number of nitrogens with one attached hydrogen (secondary N) is 1. The van der Waals surface area contributed by atoms with Gasteiger partial charge in [0.2, 0.25) is 0 Å². The fraction of sp³-hybridized carbons (Fsp3) is 0.900. The zero-order chi connectivity index (χ0) is 10.1. The van der Waals surface area contributed by atoms with Gasteiger partial charge >= 0.3 is 5.97 Å². The monoisotopic (exact) mass is 185 g/mol. The Hall–Kier alpha value is -0.570. The Morgan fingerprint density at radius 1 is 1.38 bits per heavy atom. The van der Waals surface area contributed by atoms with Gasteiger partial charge in [0.1, 0.15) is 0 Å². The molecule has 13 heavy (non-hydrogen) atoms. The minimum Gasteiger partial charge on any atom is -0.481 e. The average molecular weight is 185 g/mol. The third kappa shape index (κ3) is 2.99. The SMILES string of the molecule is CC(C)(C)N[C@H]1CCC[C@H]1C(=O)O. The molecule has 3 nitrogen and oxygen atoms in total. The number of carboxylic acid groups (broad SMARTS) is 1. The fourth-order valence-electron chi connectivity index (χ4n) is 1.98. The van der Waals surface area contributed by atoms with Crippen molar-refractivity contribution in [3.63, 3.8) is 0 Å². The lowest BCUT2D eigenvalue weighted by Crippen LogP contribution is -2.46. The molecule has 0 aromatic heterocycles. The van der Waals surface area contributed by atoms with Crippen LogP contribution < -0.4 is 5.32 Å². The Morgan fingerprint density at radius 2 is 2.00 bits per heavy atom. The molecule has 76 valence electrons. The maximum absolute atomic E-state index is 10.9. The van der Waals surface area contributed by atoms with Gasteiger partial charge in [0.05, 0.1) is 5.92 Å². The Kier molecular flexibility index (Phi) is 2.96. The topological polar surface area (TPSA) is 49.3 Å². The summed E-state index contributed by atoms with van der Waals surface area (Å²) in [6.07, 6.45) is 2.85. The normalized spacial score (nSPS) is 29.2. The predicted molar refractivity (Wildman–Crippen MR) is 51.7 cm³/mol. The summed E-state index contributed by atoms with van der Waals surface area (Å²) in [4.78, 5) is 10.9. The van der Waals surface area contributed by atoms with E-state index in [-0.39, 0.29) is 17.5 Å². The zero-order valence-electron chi connectivity index (χ0n) is 8.63. The van der Waals surface area contributed by atoms with Gasteiger partial charge in [0.25, 0.3) is 0 Å². The van der Waals surface area contributed by atoms with Gasteiger partial charge in [-0.25, -0.2) is 0 Å². The van der Waals surface area contributed by atoms with Crippen LogP contribution in [0.4, 0.5) is 0 Å². The number of carboxylic acids is 1. The van der Waals surface area contributed by atoms with Crippen molar-refractivity contribution in [2.24, 2.45) is 5.92 Å². The van der Waals surface area contributed by atoms with Crippen molar-refractivity contribution in [3.05, 3.63) is 0 Å². The molecule has 1 rings (SSSR count). The van der Waals surface area contributed by atoms with Gasteiger partial charge in [-0.05, 0) is 33.6 Å². The van der Waals surface area contributed by atoms with Crippen LogP contribution >= 0.6 is 0 Å². The highest BCUT2D eigenvalue weighted by atomic mass is 16.4. The van der Waals surface area contributed by atoms with Crippen LogP contribution in [0.5, 0.6) is 0 Å². The van der Waals surface area contributed by atoms with Crippen LogP contribution in [-0.4, -0.2) is 22.7 Å². The third-order valence-corrected chi connectivity index (χ3v) is 2.45. The molecule has 1 fully saturated rings.